The molecule has 2 aliphatic rings. The third kappa shape index (κ3) is 1.15. The van der Waals surface area contributed by atoms with Crippen molar-refractivity contribution in [3.8, 4) is 0 Å². The summed E-state index contributed by atoms with van der Waals surface area (Å²) in [6, 6.07) is 0. The average Bonchev–Trinajstić information content (AvgIpc) is 2.31. The topological polar surface area (TPSA) is 43.4 Å². The van der Waals surface area contributed by atoms with E-state index in [4.69, 9.17) is 0 Å². The van der Waals surface area contributed by atoms with E-state index in [9.17, 15) is 18.4 Å². The summed E-state index contributed by atoms with van der Waals surface area (Å²) in [5.41, 5.74) is 0. The number of ether oxygens (including phenoxy) is 1. The van der Waals surface area contributed by atoms with E-state index in [-0.39, 0.29) is 6.42 Å². The Balaban J connectivity index is 2.34. The van der Waals surface area contributed by atoms with Gasteiger partial charge in [0, 0.05) is 0 Å². The first-order chi connectivity index (χ1) is 6.09. The molecule has 3 nitrogen and oxygen atoms in total. The number of cyclic esters (lactones) is 2. The van der Waals surface area contributed by atoms with Gasteiger partial charge in [0.2, 0.25) is 0 Å². The molecular weight excluding hydrogens is 182 g/mol. The molecule has 0 aromatic rings. The summed E-state index contributed by atoms with van der Waals surface area (Å²) in [4.78, 5) is 21.8. The molecule has 3 atom stereocenters. The van der Waals surface area contributed by atoms with Crippen LogP contribution in [0.3, 0.4) is 0 Å². The lowest BCUT2D eigenvalue weighted by molar-refractivity contribution is -0.153. The van der Waals surface area contributed by atoms with Crippen LogP contribution in [0.2, 0.25) is 0 Å². The number of allylic oxidation sites excluding steroid dienone is 1. The summed E-state index contributed by atoms with van der Waals surface area (Å²) >= 11 is 0. The fourth-order valence-corrected chi connectivity index (χ4v) is 1.59. The summed E-state index contributed by atoms with van der Waals surface area (Å²) in [6.07, 6.45) is -1.23. The molecule has 0 aromatic heterocycles. The predicted molar refractivity (Wildman–Crippen MR) is 36.8 cm³/mol. The second-order valence-electron chi connectivity index (χ2n) is 3.13. The number of esters is 2. The first kappa shape index (κ1) is 8.34. The van der Waals surface area contributed by atoms with Crippen molar-refractivity contribution in [2.24, 2.45) is 11.8 Å². The summed E-state index contributed by atoms with van der Waals surface area (Å²) in [5, 5.41) is 0. The molecule has 1 heterocycles. The van der Waals surface area contributed by atoms with Crippen LogP contribution in [0.15, 0.2) is 11.9 Å². The third-order valence-corrected chi connectivity index (χ3v) is 2.31. The predicted octanol–water partition coefficient (Wildman–Crippen LogP) is 0.897. The number of alkyl halides is 1. The number of carbonyl (C=O) groups is 2. The molecule has 0 bridgehead atoms. The fourth-order valence-electron chi connectivity index (χ4n) is 1.59. The molecule has 3 unspecified atom stereocenters. The number of halogens is 2. The van der Waals surface area contributed by atoms with E-state index in [0.29, 0.717) is 0 Å². The summed E-state index contributed by atoms with van der Waals surface area (Å²) in [7, 11) is 0. The van der Waals surface area contributed by atoms with Gasteiger partial charge >= 0.3 is 11.9 Å². The second-order valence-corrected chi connectivity index (χ2v) is 3.13. The van der Waals surface area contributed by atoms with Gasteiger partial charge in [0.05, 0.1) is 11.8 Å². The van der Waals surface area contributed by atoms with E-state index < -0.39 is 35.8 Å². The van der Waals surface area contributed by atoms with Crippen LogP contribution < -0.4 is 0 Å². The van der Waals surface area contributed by atoms with Gasteiger partial charge in [-0.15, -0.1) is 0 Å². The zero-order valence-electron chi connectivity index (χ0n) is 6.50. The van der Waals surface area contributed by atoms with Gasteiger partial charge in [0.1, 0.15) is 5.83 Å². The molecule has 1 aliphatic heterocycles. The van der Waals surface area contributed by atoms with Crippen molar-refractivity contribution in [3.63, 3.8) is 0 Å². The largest absolute Gasteiger partial charge is 0.392 e. The summed E-state index contributed by atoms with van der Waals surface area (Å²) in [5.74, 6) is -4.26. The Hall–Kier alpha value is -1.26. The SMILES string of the molecule is O=C1OC(=O)C2CC(F)C(F)=CC12. The van der Waals surface area contributed by atoms with Gasteiger partial charge < -0.3 is 4.74 Å². The number of hydrogen-bond donors (Lipinski definition) is 0. The highest BCUT2D eigenvalue weighted by atomic mass is 19.2. The van der Waals surface area contributed by atoms with Crippen LogP contribution in [0.4, 0.5) is 8.78 Å². The lowest BCUT2D eigenvalue weighted by Crippen LogP contribution is -2.25. The zero-order valence-corrected chi connectivity index (χ0v) is 6.50. The molecule has 0 N–H and O–H groups in total. The Morgan fingerprint density at radius 2 is 2.08 bits per heavy atom. The Morgan fingerprint density at radius 3 is 2.77 bits per heavy atom. The first-order valence-electron chi connectivity index (χ1n) is 3.86. The first-order valence-corrected chi connectivity index (χ1v) is 3.86. The van der Waals surface area contributed by atoms with Gasteiger partial charge in [-0.25, -0.2) is 8.78 Å². The maximum atomic E-state index is 12.8. The number of fused-ring (bicyclic) bond motifs is 1. The van der Waals surface area contributed by atoms with Gasteiger partial charge in [-0.05, 0) is 12.5 Å². The molecule has 2 rings (SSSR count). The van der Waals surface area contributed by atoms with E-state index in [0.717, 1.165) is 6.08 Å². The van der Waals surface area contributed by atoms with Crippen molar-refractivity contribution in [1.82, 2.24) is 0 Å². The number of carbonyl (C=O) groups excluding carboxylic acids is 2. The lowest BCUT2D eigenvalue weighted by atomic mass is 9.85. The quantitative estimate of drug-likeness (QED) is 0.419. The average molecular weight is 188 g/mol. The minimum atomic E-state index is -1.78. The highest BCUT2D eigenvalue weighted by Crippen LogP contribution is 2.37. The molecule has 1 fully saturated rings. The van der Waals surface area contributed by atoms with E-state index in [2.05, 4.69) is 4.74 Å². The molecule has 0 saturated carbocycles. The molecule has 5 heteroatoms. The zero-order chi connectivity index (χ0) is 9.59. The minimum absolute atomic E-state index is 0.294. The molecule has 1 aliphatic carbocycles. The number of rotatable bonds is 0. The number of hydrogen-bond acceptors (Lipinski definition) is 3. The maximum Gasteiger partial charge on any atom is 0.321 e. The van der Waals surface area contributed by atoms with Crippen LogP contribution >= 0.6 is 0 Å². The van der Waals surface area contributed by atoms with Gasteiger partial charge in [-0.1, -0.05) is 0 Å². The maximum absolute atomic E-state index is 12.8. The van der Waals surface area contributed by atoms with Crippen molar-refractivity contribution in [2.45, 2.75) is 12.6 Å². The van der Waals surface area contributed by atoms with Crippen molar-refractivity contribution in [2.75, 3.05) is 0 Å². The monoisotopic (exact) mass is 188 g/mol. The van der Waals surface area contributed by atoms with Crippen LogP contribution in [0.1, 0.15) is 6.42 Å². The Kier molecular flexibility index (Phi) is 1.68. The van der Waals surface area contributed by atoms with Crippen molar-refractivity contribution in [3.05, 3.63) is 11.9 Å². The standard InChI is InChI=1S/C8H6F2O3/c9-5-1-3-4(2-6(5)10)8(12)13-7(3)11/h1,3-4,6H,2H2. The van der Waals surface area contributed by atoms with Crippen LogP contribution in [-0.4, -0.2) is 18.1 Å². The second kappa shape index (κ2) is 2.61. The van der Waals surface area contributed by atoms with E-state index >= 15 is 0 Å². The molecule has 1 saturated heterocycles. The molecular formula is C8H6F2O3. The van der Waals surface area contributed by atoms with Gasteiger partial charge in [-0.2, -0.15) is 0 Å². The fraction of sp³-hybridized carbons (Fsp3) is 0.500. The molecule has 0 radical (unpaired) electrons. The molecule has 0 spiro atoms. The minimum Gasteiger partial charge on any atom is -0.392 e. The Labute approximate surface area is 72.4 Å². The van der Waals surface area contributed by atoms with E-state index in [1.165, 1.54) is 0 Å². The van der Waals surface area contributed by atoms with Crippen LogP contribution in [0, 0.1) is 11.8 Å². The van der Waals surface area contributed by atoms with Crippen LogP contribution in [0.5, 0.6) is 0 Å². The van der Waals surface area contributed by atoms with Gasteiger partial charge in [0.15, 0.2) is 6.17 Å². The van der Waals surface area contributed by atoms with Gasteiger partial charge in [0.25, 0.3) is 0 Å². The summed E-state index contributed by atoms with van der Waals surface area (Å²) < 4.78 is 29.7. The van der Waals surface area contributed by atoms with Crippen LogP contribution in [-0.2, 0) is 14.3 Å². The van der Waals surface area contributed by atoms with E-state index in [1.54, 1.807) is 0 Å². The smallest absolute Gasteiger partial charge is 0.321 e. The van der Waals surface area contributed by atoms with Crippen molar-refractivity contribution < 1.29 is 23.1 Å². The molecule has 13 heavy (non-hydrogen) atoms. The third-order valence-electron chi connectivity index (χ3n) is 2.31. The molecule has 0 amide bonds. The lowest BCUT2D eigenvalue weighted by Gasteiger charge is -2.18. The highest BCUT2D eigenvalue weighted by molar-refractivity contribution is 5.97. The Bertz CT molecular complexity index is 311. The van der Waals surface area contributed by atoms with Crippen molar-refractivity contribution >= 4 is 11.9 Å². The van der Waals surface area contributed by atoms with Crippen LogP contribution in [0.25, 0.3) is 0 Å². The van der Waals surface area contributed by atoms with Gasteiger partial charge in [-0.3, -0.25) is 9.59 Å². The molecule has 70 valence electrons. The van der Waals surface area contributed by atoms with E-state index in [1.807, 2.05) is 0 Å². The highest BCUT2D eigenvalue weighted by Gasteiger charge is 2.47. The summed E-state index contributed by atoms with van der Waals surface area (Å²) in [6.45, 7) is 0. The Morgan fingerprint density at radius 1 is 1.38 bits per heavy atom. The normalized spacial score (nSPS) is 38.3. The van der Waals surface area contributed by atoms with Crippen molar-refractivity contribution in [1.29, 1.82) is 0 Å². The molecule has 0 aromatic carbocycles.